The number of carboxylic acids is 1. The fraction of sp³-hybridized carbons (Fsp3) is 0.846. The molecule has 6 heteroatoms. The highest BCUT2D eigenvalue weighted by Crippen LogP contribution is 2.30. The van der Waals surface area contributed by atoms with Crippen molar-refractivity contribution >= 4 is 11.9 Å². The van der Waals surface area contributed by atoms with Crippen LogP contribution in [0, 0.1) is 11.3 Å². The van der Waals surface area contributed by atoms with Gasteiger partial charge in [0.1, 0.15) is 0 Å². The molecule has 0 spiro atoms. The molecular formula is C13H24N2O4. The van der Waals surface area contributed by atoms with Gasteiger partial charge in [0.2, 0.25) is 5.91 Å². The van der Waals surface area contributed by atoms with E-state index in [-0.39, 0.29) is 18.4 Å². The molecule has 1 heterocycles. The second kappa shape index (κ2) is 7.45. The summed E-state index contributed by atoms with van der Waals surface area (Å²) in [6, 6.07) is 0. The van der Waals surface area contributed by atoms with E-state index in [1.54, 1.807) is 0 Å². The molecule has 1 unspecified atom stereocenters. The Balaban J connectivity index is 2.56. The van der Waals surface area contributed by atoms with Crippen LogP contribution in [0.5, 0.6) is 0 Å². The van der Waals surface area contributed by atoms with Crippen LogP contribution in [0.4, 0.5) is 0 Å². The van der Waals surface area contributed by atoms with Crippen LogP contribution in [0.2, 0.25) is 0 Å². The van der Waals surface area contributed by atoms with E-state index in [1.165, 1.54) is 0 Å². The lowest BCUT2D eigenvalue weighted by atomic mass is 9.80. The van der Waals surface area contributed by atoms with Crippen molar-refractivity contribution < 1.29 is 19.4 Å². The Bertz CT molecular complexity index is 314. The van der Waals surface area contributed by atoms with Gasteiger partial charge in [0.15, 0.2) is 0 Å². The summed E-state index contributed by atoms with van der Waals surface area (Å²) in [6.45, 7) is 3.30. The van der Waals surface area contributed by atoms with Gasteiger partial charge >= 0.3 is 5.97 Å². The van der Waals surface area contributed by atoms with E-state index in [9.17, 15) is 14.7 Å². The Morgan fingerprint density at radius 2 is 2.05 bits per heavy atom. The molecule has 1 amide bonds. The number of aliphatic carboxylic acids is 1. The molecule has 1 aliphatic heterocycles. The van der Waals surface area contributed by atoms with Crippen LogP contribution in [-0.2, 0) is 14.3 Å². The number of hydrogen-bond acceptors (Lipinski definition) is 4. The smallest absolute Gasteiger partial charge is 0.311 e. The van der Waals surface area contributed by atoms with E-state index in [4.69, 9.17) is 10.5 Å². The van der Waals surface area contributed by atoms with E-state index in [2.05, 4.69) is 5.32 Å². The van der Waals surface area contributed by atoms with Gasteiger partial charge in [-0.25, -0.2) is 0 Å². The van der Waals surface area contributed by atoms with Crippen molar-refractivity contribution in [2.24, 2.45) is 17.1 Å². The number of hydrogen-bond donors (Lipinski definition) is 3. The molecule has 0 aliphatic carbocycles. The Labute approximate surface area is 113 Å². The van der Waals surface area contributed by atoms with Gasteiger partial charge in [0.05, 0.1) is 11.3 Å². The van der Waals surface area contributed by atoms with Gasteiger partial charge < -0.3 is 20.9 Å². The van der Waals surface area contributed by atoms with E-state index in [0.29, 0.717) is 32.6 Å². The topological polar surface area (TPSA) is 102 Å². The highest BCUT2D eigenvalue weighted by molar-refractivity contribution is 5.81. The summed E-state index contributed by atoms with van der Waals surface area (Å²) >= 11 is 0. The highest BCUT2D eigenvalue weighted by atomic mass is 16.5. The lowest BCUT2D eigenvalue weighted by Crippen LogP contribution is -2.48. The van der Waals surface area contributed by atoms with Gasteiger partial charge in [-0.2, -0.15) is 0 Å². The molecule has 19 heavy (non-hydrogen) atoms. The number of carbonyl (C=O) groups excluding carboxylic acids is 1. The second-order valence-electron chi connectivity index (χ2n) is 5.14. The van der Waals surface area contributed by atoms with Crippen LogP contribution in [0.3, 0.4) is 0 Å². The number of carboxylic acid groups (broad SMARTS) is 1. The fourth-order valence-corrected chi connectivity index (χ4v) is 2.33. The Morgan fingerprint density at radius 3 is 2.53 bits per heavy atom. The predicted octanol–water partition coefficient (Wildman–Crippen LogP) is 0.359. The first-order valence-electron chi connectivity index (χ1n) is 6.84. The molecule has 0 aromatic heterocycles. The maximum atomic E-state index is 12.0. The second-order valence-corrected chi connectivity index (χ2v) is 5.14. The molecule has 1 rings (SSSR count). The number of rotatable bonds is 7. The van der Waals surface area contributed by atoms with Crippen LogP contribution in [-0.4, -0.2) is 43.3 Å². The normalized spacial score (nSPS) is 19.7. The van der Waals surface area contributed by atoms with Crippen molar-refractivity contribution in [2.75, 3.05) is 26.3 Å². The largest absolute Gasteiger partial charge is 0.481 e. The zero-order valence-electron chi connectivity index (χ0n) is 11.5. The lowest BCUT2D eigenvalue weighted by Gasteiger charge is -2.33. The minimum atomic E-state index is -0.890. The summed E-state index contributed by atoms with van der Waals surface area (Å²) in [6.07, 6.45) is 2.48. The number of amides is 1. The summed E-state index contributed by atoms with van der Waals surface area (Å²) in [5, 5.41) is 12.1. The Morgan fingerprint density at radius 1 is 1.42 bits per heavy atom. The Hall–Kier alpha value is -1.14. The third-order valence-electron chi connectivity index (χ3n) is 3.80. The van der Waals surface area contributed by atoms with Crippen molar-refractivity contribution in [1.82, 2.24) is 5.32 Å². The third kappa shape index (κ3) is 4.18. The first kappa shape index (κ1) is 15.9. The summed E-state index contributed by atoms with van der Waals surface area (Å²) < 4.78 is 5.19. The number of carbonyl (C=O) groups is 2. The zero-order valence-corrected chi connectivity index (χ0v) is 11.5. The lowest BCUT2D eigenvalue weighted by molar-refractivity contribution is -0.154. The quantitative estimate of drug-likeness (QED) is 0.621. The van der Waals surface area contributed by atoms with Gasteiger partial charge in [0.25, 0.3) is 0 Å². The van der Waals surface area contributed by atoms with Crippen LogP contribution in [0.1, 0.15) is 32.6 Å². The number of ether oxygens (including phenoxy) is 1. The molecule has 1 aliphatic rings. The maximum Gasteiger partial charge on any atom is 0.311 e. The molecule has 0 aromatic carbocycles. The van der Waals surface area contributed by atoms with E-state index in [0.717, 1.165) is 12.8 Å². The molecule has 0 radical (unpaired) electrons. The van der Waals surface area contributed by atoms with Crippen molar-refractivity contribution in [3.8, 4) is 0 Å². The molecule has 1 fully saturated rings. The molecule has 1 atom stereocenters. The third-order valence-corrected chi connectivity index (χ3v) is 3.80. The van der Waals surface area contributed by atoms with Crippen molar-refractivity contribution in [3.05, 3.63) is 0 Å². The van der Waals surface area contributed by atoms with Gasteiger partial charge in [-0.3, -0.25) is 9.59 Å². The predicted molar refractivity (Wildman–Crippen MR) is 70.6 cm³/mol. The minimum Gasteiger partial charge on any atom is -0.481 e. The van der Waals surface area contributed by atoms with Crippen molar-refractivity contribution in [1.29, 1.82) is 0 Å². The van der Waals surface area contributed by atoms with Crippen LogP contribution >= 0.6 is 0 Å². The fourth-order valence-electron chi connectivity index (χ4n) is 2.33. The molecule has 1 saturated heterocycles. The minimum absolute atomic E-state index is 0.142. The SMILES string of the molecule is CCCC(CN)C(=O)NCC1(C(=O)O)CCOCC1. The summed E-state index contributed by atoms with van der Waals surface area (Å²) in [4.78, 5) is 23.4. The van der Waals surface area contributed by atoms with Gasteiger partial charge in [-0.1, -0.05) is 13.3 Å². The number of nitrogens with two attached hydrogens (primary N) is 1. The van der Waals surface area contributed by atoms with Gasteiger partial charge in [-0.05, 0) is 19.3 Å². The average Bonchev–Trinajstić information content (AvgIpc) is 2.43. The van der Waals surface area contributed by atoms with Crippen molar-refractivity contribution in [2.45, 2.75) is 32.6 Å². The van der Waals surface area contributed by atoms with E-state index in [1.807, 2.05) is 6.92 Å². The summed E-state index contributed by atoms with van der Waals surface area (Å²) in [5.41, 5.74) is 4.67. The molecule has 0 bridgehead atoms. The standard InChI is InChI=1S/C13H24N2O4/c1-2-3-10(8-14)11(16)15-9-13(12(17)18)4-6-19-7-5-13/h10H,2-9,14H2,1H3,(H,15,16)(H,17,18). The molecular weight excluding hydrogens is 248 g/mol. The van der Waals surface area contributed by atoms with Crippen LogP contribution < -0.4 is 11.1 Å². The van der Waals surface area contributed by atoms with Crippen molar-refractivity contribution in [3.63, 3.8) is 0 Å². The van der Waals surface area contributed by atoms with Crippen LogP contribution in [0.25, 0.3) is 0 Å². The average molecular weight is 272 g/mol. The number of nitrogens with one attached hydrogen (secondary N) is 1. The first-order chi connectivity index (χ1) is 9.05. The first-order valence-corrected chi connectivity index (χ1v) is 6.84. The summed E-state index contributed by atoms with van der Waals surface area (Å²) in [5.74, 6) is -1.23. The maximum absolute atomic E-state index is 12.0. The molecule has 6 nitrogen and oxygen atoms in total. The molecule has 110 valence electrons. The zero-order chi connectivity index (χ0) is 14.3. The highest BCUT2D eigenvalue weighted by Gasteiger charge is 2.40. The van der Waals surface area contributed by atoms with Crippen LogP contribution in [0.15, 0.2) is 0 Å². The Kier molecular flexibility index (Phi) is 6.24. The van der Waals surface area contributed by atoms with Gasteiger partial charge in [0, 0.05) is 26.3 Å². The summed E-state index contributed by atoms with van der Waals surface area (Å²) in [7, 11) is 0. The van der Waals surface area contributed by atoms with E-state index < -0.39 is 11.4 Å². The molecule has 0 saturated carbocycles. The van der Waals surface area contributed by atoms with E-state index >= 15 is 0 Å². The monoisotopic (exact) mass is 272 g/mol. The molecule has 4 N–H and O–H groups in total. The van der Waals surface area contributed by atoms with Gasteiger partial charge in [-0.15, -0.1) is 0 Å². The molecule has 0 aromatic rings.